The second kappa shape index (κ2) is 3.51. The number of alkyl halides is 3. The summed E-state index contributed by atoms with van der Waals surface area (Å²) in [6.45, 7) is 3.58. The summed E-state index contributed by atoms with van der Waals surface area (Å²) in [7, 11) is 0. The quantitative estimate of drug-likeness (QED) is 0.628. The number of halogens is 4. The van der Waals surface area contributed by atoms with Crippen LogP contribution in [0.25, 0.3) is 0 Å². The van der Waals surface area contributed by atoms with Crippen LogP contribution >= 0.6 is 0 Å². The Morgan fingerprint density at radius 3 is 2.00 bits per heavy atom. The number of rotatable bonds is 1. The Bertz CT molecular complexity index is 363. The van der Waals surface area contributed by atoms with Crippen LogP contribution in [0.5, 0.6) is 0 Å². The molecule has 0 bridgehead atoms. The molecule has 0 saturated carbocycles. The first kappa shape index (κ1) is 12.0. The maximum absolute atomic E-state index is 13.4. The van der Waals surface area contributed by atoms with Gasteiger partial charge in [0.1, 0.15) is 5.82 Å². The SMILES string of the molecule is Cc1ccc(C(C)(C)C(F)(F)F)c(F)c1. The lowest BCUT2D eigenvalue weighted by molar-refractivity contribution is -0.180. The molecule has 15 heavy (non-hydrogen) atoms. The number of hydrogen-bond acceptors (Lipinski definition) is 0. The van der Waals surface area contributed by atoms with Gasteiger partial charge in [-0.15, -0.1) is 0 Å². The highest BCUT2D eigenvalue weighted by atomic mass is 19.4. The van der Waals surface area contributed by atoms with Crippen LogP contribution in [0.4, 0.5) is 17.6 Å². The summed E-state index contributed by atoms with van der Waals surface area (Å²) in [5.74, 6) is -0.808. The largest absolute Gasteiger partial charge is 0.398 e. The van der Waals surface area contributed by atoms with Gasteiger partial charge in [-0.1, -0.05) is 12.1 Å². The summed E-state index contributed by atoms with van der Waals surface area (Å²) < 4.78 is 51.3. The van der Waals surface area contributed by atoms with Crippen molar-refractivity contribution < 1.29 is 17.6 Å². The topological polar surface area (TPSA) is 0 Å². The van der Waals surface area contributed by atoms with Crippen LogP contribution in [0.15, 0.2) is 18.2 Å². The lowest BCUT2D eigenvalue weighted by Crippen LogP contribution is -2.37. The molecule has 0 aliphatic carbocycles. The fraction of sp³-hybridized carbons (Fsp3) is 0.455. The third-order valence-electron chi connectivity index (χ3n) is 2.51. The second-order valence-corrected chi connectivity index (χ2v) is 4.11. The zero-order chi connectivity index (χ0) is 11.9. The molecule has 0 saturated heterocycles. The summed E-state index contributed by atoms with van der Waals surface area (Å²) in [4.78, 5) is 0. The molecule has 0 spiro atoms. The van der Waals surface area contributed by atoms with Gasteiger partial charge in [-0.3, -0.25) is 0 Å². The van der Waals surface area contributed by atoms with Crippen LogP contribution in [0.2, 0.25) is 0 Å². The second-order valence-electron chi connectivity index (χ2n) is 4.11. The summed E-state index contributed by atoms with van der Waals surface area (Å²) in [5.41, 5.74) is -1.88. The van der Waals surface area contributed by atoms with E-state index in [2.05, 4.69) is 0 Å². The fourth-order valence-electron chi connectivity index (χ4n) is 1.28. The van der Waals surface area contributed by atoms with Crippen molar-refractivity contribution in [2.75, 3.05) is 0 Å². The Morgan fingerprint density at radius 1 is 1.07 bits per heavy atom. The van der Waals surface area contributed by atoms with Crippen LogP contribution < -0.4 is 0 Å². The van der Waals surface area contributed by atoms with Crippen molar-refractivity contribution in [3.63, 3.8) is 0 Å². The molecule has 1 aromatic carbocycles. The van der Waals surface area contributed by atoms with Crippen molar-refractivity contribution in [1.82, 2.24) is 0 Å². The summed E-state index contributed by atoms with van der Waals surface area (Å²) in [6, 6.07) is 3.78. The Balaban J connectivity index is 3.28. The van der Waals surface area contributed by atoms with Gasteiger partial charge >= 0.3 is 6.18 Å². The predicted molar refractivity (Wildman–Crippen MR) is 50.2 cm³/mol. The molecule has 0 aliphatic rings. The van der Waals surface area contributed by atoms with Crippen molar-refractivity contribution in [3.8, 4) is 0 Å². The molecule has 4 heteroatoms. The molecule has 0 radical (unpaired) electrons. The number of hydrogen-bond donors (Lipinski definition) is 0. The molecular weight excluding hydrogens is 208 g/mol. The third-order valence-corrected chi connectivity index (χ3v) is 2.51. The molecule has 0 heterocycles. The van der Waals surface area contributed by atoms with Gasteiger partial charge in [-0.25, -0.2) is 4.39 Å². The van der Waals surface area contributed by atoms with E-state index in [0.29, 0.717) is 5.56 Å². The van der Waals surface area contributed by atoms with Crippen molar-refractivity contribution in [3.05, 3.63) is 35.1 Å². The first-order valence-electron chi connectivity index (χ1n) is 4.49. The van der Waals surface area contributed by atoms with E-state index in [1.807, 2.05) is 0 Å². The van der Waals surface area contributed by atoms with Gasteiger partial charge in [0.05, 0.1) is 5.41 Å². The minimum absolute atomic E-state index is 0.319. The molecule has 1 rings (SSSR count). The summed E-state index contributed by atoms with van der Waals surface area (Å²) in [6.07, 6.45) is -4.46. The monoisotopic (exact) mass is 220 g/mol. The highest BCUT2D eigenvalue weighted by Gasteiger charge is 2.49. The molecule has 84 valence electrons. The first-order chi connectivity index (χ1) is 6.66. The van der Waals surface area contributed by atoms with Gasteiger partial charge in [0.2, 0.25) is 0 Å². The van der Waals surface area contributed by atoms with Gasteiger partial charge in [0.15, 0.2) is 0 Å². The van der Waals surface area contributed by atoms with E-state index in [1.165, 1.54) is 12.1 Å². The van der Waals surface area contributed by atoms with E-state index in [4.69, 9.17) is 0 Å². The maximum Gasteiger partial charge on any atom is 0.398 e. The average Bonchev–Trinajstić information content (AvgIpc) is 2.00. The van der Waals surface area contributed by atoms with Crippen LogP contribution in [-0.2, 0) is 5.41 Å². The Hall–Kier alpha value is -1.06. The minimum Gasteiger partial charge on any atom is -0.207 e. The van der Waals surface area contributed by atoms with Crippen LogP contribution in [0.1, 0.15) is 25.0 Å². The Kier molecular flexibility index (Phi) is 2.81. The highest BCUT2D eigenvalue weighted by Crippen LogP contribution is 2.41. The normalized spacial score (nSPS) is 13.0. The van der Waals surface area contributed by atoms with E-state index >= 15 is 0 Å². The van der Waals surface area contributed by atoms with E-state index in [1.54, 1.807) is 6.92 Å². The molecule has 0 N–H and O–H groups in total. The standard InChI is InChI=1S/C11H12F4/c1-7-4-5-8(9(12)6-7)10(2,3)11(13,14)15/h4-6H,1-3H3. The third kappa shape index (κ3) is 2.13. The van der Waals surface area contributed by atoms with Crippen molar-refractivity contribution >= 4 is 0 Å². The molecule has 1 aromatic rings. The van der Waals surface area contributed by atoms with Crippen LogP contribution in [0.3, 0.4) is 0 Å². The van der Waals surface area contributed by atoms with Crippen molar-refractivity contribution in [2.45, 2.75) is 32.4 Å². The number of aryl methyl sites for hydroxylation is 1. The lowest BCUT2D eigenvalue weighted by atomic mass is 9.83. The molecule has 0 aliphatic heterocycles. The van der Waals surface area contributed by atoms with E-state index in [-0.39, 0.29) is 5.56 Å². The minimum atomic E-state index is -4.46. The zero-order valence-electron chi connectivity index (χ0n) is 8.74. The summed E-state index contributed by atoms with van der Waals surface area (Å²) >= 11 is 0. The highest BCUT2D eigenvalue weighted by molar-refractivity contribution is 5.30. The Morgan fingerprint density at radius 2 is 1.60 bits per heavy atom. The Labute approximate surface area is 85.9 Å². The molecular formula is C11H12F4. The lowest BCUT2D eigenvalue weighted by Gasteiger charge is -2.28. The van der Waals surface area contributed by atoms with E-state index in [0.717, 1.165) is 19.9 Å². The fourth-order valence-corrected chi connectivity index (χ4v) is 1.28. The predicted octanol–water partition coefficient (Wildman–Crippen LogP) is 3.97. The van der Waals surface area contributed by atoms with Crippen molar-refractivity contribution in [2.24, 2.45) is 0 Å². The van der Waals surface area contributed by atoms with Crippen LogP contribution in [-0.4, -0.2) is 6.18 Å². The molecule has 0 fully saturated rings. The van der Waals surface area contributed by atoms with E-state index in [9.17, 15) is 17.6 Å². The smallest absolute Gasteiger partial charge is 0.207 e. The van der Waals surface area contributed by atoms with Gasteiger partial charge < -0.3 is 0 Å². The maximum atomic E-state index is 13.4. The average molecular weight is 220 g/mol. The van der Waals surface area contributed by atoms with Crippen LogP contribution in [0, 0.1) is 12.7 Å². The first-order valence-corrected chi connectivity index (χ1v) is 4.49. The van der Waals surface area contributed by atoms with Gasteiger partial charge in [0.25, 0.3) is 0 Å². The number of benzene rings is 1. The van der Waals surface area contributed by atoms with Gasteiger partial charge in [0, 0.05) is 5.56 Å². The van der Waals surface area contributed by atoms with E-state index < -0.39 is 17.4 Å². The molecule has 0 atom stereocenters. The zero-order valence-corrected chi connectivity index (χ0v) is 8.74. The summed E-state index contributed by atoms with van der Waals surface area (Å²) in [5, 5.41) is 0. The molecule has 0 unspecified atom stereocenters. The van der Waals surface area contributed by atoms with Gasteiger partial charge in [-0.2, -0.15) is 13.2 Å². The molecule has 0 amide bonds. The van der Waals surface area contributed by atoms with Gasteiger partial charge in [-0.05, 0) is 32.4 Å². The molecule has 0 nitrogen and oxygen atoms in total. The molecule has 0 aromatic heterocycles. The van der Waals surface area contributed by atoms with Crippen molar-refractivity contribution in [1.29, 1.82) is 0 Å².